The van der Waals surface area contributed by atoms with E-state index in [1.54, 1.807) is 6.92 Å². The van der Waals surface area contributed by atoms with Crippen molar-refractivity contribution in [3.05, 3.63) is 30.0 Å². The smallest absolute Gasteiger partial charge is 0.240 e. The van der Waals surface area contributed by atoms with Gasteiger partial charge in [-0.05, 0) is 12.1 Å². The van der Waals surface area contributed by atoms with E-state index in [-0.39, 0.29) is 6.54 Å². The van der Waals surface area contributed by atoms with Crippen molar-refractivity contribution in [1.82, 2.24) is 15.1 Å². The maximum absolute atomic E-state index is 5.44. The van der Waals surface area contributed by atoms with Crippen molar-refractivity contribution in [1.29, 1.82) is 0 Å². The van der Waals surface area contributed by atoms with Gasteiger partial charge >= 0.3 is 0 Å². The minimum absolute atomic E-state index is 0.223. The summed E-state index contributed by atoms with van der Waals surface area (Å²) >= 11 is 0. The lowest BCUT2D eigenvalue weighted by atomic mass is 10.2. The number of aromatic nitrogens is 3. The molecule has 0 radical (unpaired) electrons. The van der Waals surface area contributed by atoms with Crippen molar-refractivity contribution >= 4 is 11.1 Å². The van der Waals surface area contributed by atoms with E-state index >= 15 is 0 Å². The number of fused-ring (bicyclic) bond motifs is 1. The van der Waals surface area contributed by atoms with E-state index < -0.39 is 0 Å². The highest BCUT2D eigenvalue weighted by molar-refractivity contribution is 5.88. The van der Waals surface area contributed by atoms with E-state index in [4.69, 9.17) is 14.7 Å². The van der Waals surface area contributed by atoms with Gasteiger partial charge < -0.3 is 14.7 Å². The zero-order chi connectivity index (χ0) is 11.8. The van der Waals surface area contributed by atoms with Crippen LogP contribution in [-0.4, -0.2) is 15.1 Å². The van der Waals surface area contributed by atoms with Crippen LogP contribution in [0.5, 0.6) is 0 Å². The molecule has 0 unspecified atom stereocenters. The van der Waals surface area contributed by atoms with Crippen LogP contribution in [0.2, 0.25) is 0 Å². The van der Waals surface area contributed by atoms with Crippen LogP contribution in [0.4, 0.5) is 0 Å². The predicted molar refractivity (Wildman–Crippen MR) is 59.9 cm³/mol. The summed E-state index contributed by atoms with van der Waals surface area (Å²) in [7, 11) is 0. The molecule has 0 saturated heterocycles. The molecule has 6 heteroatoms. The van der Waals surface area contributed by atoms with Crippen LogP contribution < -0.4 is 5.73 Å². The highest BCUT2D eigenvalue weighted by Crippen LogP contribution is 2.26. The van der Waals surface area contributed by atoms with Crippen molar-refractivity contribution in [3.8, 4) is 11.4 Å². The first-order valence-corrected chi connectivity index (χ1v) is 5.17. The molecule has 2 N–H and O–H groups in total. The van der Waals surface area contributed by atoms with E-state index in [0.717, 1.165) is 11.1 Å². The van der Waals surface area contributed by atoms with Crippen LogP contribution in [0.15, 0.2) is 27.1 Å². The van der Waals surface area contributed by atoms with Crippen molar-refractivity contribution in [2.24, 2.45) is 5.73 Å². The Balaban J connectivity index is 2.22. The fraction of sp³-hybridized carbons (Fsp3) is 0.182. The molecule has 0 aliphatic rings. The summed E-state index contributed by atoms with van der Waals surface area (Å²) in [5, 5.41) is 3.87. The first-order valence-electron chi connectivity index (χ1n) is 5.17. The zero-order valence-corrected chi connectivity index (χ0v) is 9.17. The van der Waals surface area contributed by atoms with E-state index in [2.05, 4.69) is 15.1 Å². The highest BCUT2D eigenvalue weighted by Gasteiger charge is 2.14. The fourth-order valence-electron chi connectivity index (χ4n) is 1.69. The number of nitrogens with two attached hydrogens (primary N) is 1. The summed E-state index contributed by atoms with van der Waals surface area (Å²) in [5.74, 6) is 1.48. The SMILES string of the molecule is Cc1nc2c(-c3noc(CN)n3)cccc2o1. The molecule has 0 amide bonds. The number of hydrogen-bond donors (Lipinski definition) is 1. The Morgan fingerprint density at radius 1 is 1.29 bits per heavy atom. The summed E-state index contributed by atoms with van der Waals surface area (Å²) in [5.41, 5.74) is 7.65. The molecule has 0 aliphatic carbocycles. The molecule has 3 rings (SSSR count). The third-order valence-electron chi connectivity index (χ3n) is 2.41. The van der Waals surface area contributed by atoms with Gasteiger partial charge in [-0.15, -0.1) is 0 Å². The van der Waals surface area contributed by atoms with Gasteiger partial charge in [0.1, 0.15) is 5.52 Å². The highest BCUT2D eigenvalue weighted by atomic mass is 16.5. The second-order valence-electron chi connectivity index (χ2n) is 3.60. The molecule has 2 heterocycles. The maximum atomic E-state index is 5.44. The summed E-state index contributed by atoms with van der Waals surface area (Å²) in [6.45, 7) is 2.02. The molecular formula is C11H10N4O2. The minimum Gasteiger partial charge on any atom is -0.441 e. The molecule has 0 fully saturated rings. The minimum atomic E-state index is 0.223. The lowest BCUT2D eigenvalue weighted by molar-refractivity contribution is 0.380. The Labute approximate surface area is 96.4 Å². The lowest BCUT2D eigenvalue weighted by Crippen LogP contribution is -1.95. The molecule has 0 bridgehead atoms. The largest absolute Gasteiger partial charge is 0.441 e. The molecule has 3 aromatic rings. The third-order valence-corrected chi connectivity index (χ3v) is 2.41. The number of oxazole rings is 1. The summed E-state index contributed by atoms with van der Waals surface area (Å²) in [6.07, 6.45) is 0. The van der Waals surface area contributed by atoms with Crippen LogP contribution in [0.1, 0.15) is 11.8 Å². The molecular weight excluding hydrogens is 220 g/mol. The zero-order valence-electron chi connectivity index (χ0n) is 9.17. The van der Waals surface area contributed by atoms with E-state index in [1.807, 2.05) is 18.2 Å². The Bertz CT molecular complexity index is 671. The molecule has 2 aromatic heterocycles. The Morgan fingerprint density at radius 2 is 2.18 bits per heavy atom. The van der Waals surface area contributed by atoms with Crippen LogP contribution in [0.25, 0.3) is 22.5 Å². The van der Waals surface area contributed by atoms with Gasteiger partial charge in [-0.1, -0.05) is 11.2 Å². The first-order chi connectivity index (χ1) is 8.28. The average Bonchev–Trinajstić information content (AvgIpc) is 2.92. The number of rotatable bonds is 2. The van der Waals surface area contributed by atoms with Gasteiger partial charge in [-0.25, -0.2) is 4.98 Å². The van der Waals surface area contributed by atoms with Gasteiger partial charge in [0, 0.05) is 6.92 Å². The number of hydrogen-bond acceptors (Lipinski definition) is 6. The quantitative estimate of drug-likeness (QED) is 0.719. The second-order valence-corrected chi connectivity index (χ2v) is 3.60. The van der Waals surface area contributed by atoms with Gasteiger partial charge in [0.15, 0.2) is 11.5 Å². The predicted octanol–water partition coefficient (Wildman–Crippen LogP) is 1.64. The third kappa shape index (κ3) is 1.58. The molecule has 0 aliphatic heterocycles. The van der Waals surface area contributed by atoms with Crippen molar-refractivity contribution in [3.63, 3.8) is 0 Å². The van der Waals surface area contributed by atoms with Gasteiger partial charge in [-0.2, -0.15) is 4.98 Å². The Kier molecular flexibility index (Phi) is 2.15. The maximum Gasteiger partial charge on any atom is 0.240 e. The molecule has 0 saturated carbocycles. The standard InChI is InChI=1S/C11H10N4O2/c1-6-13-10-7(3-2-4-8(10)16-6)11-14-9(5-12)17-15-11/h2-4H,5,12H2,1H3. The number of benzene rings is 1. The van der Waals surface area contributed by atoms with Crippen molar-refractivity contribution in [2.45, 2.75) is 13.5 Å². The second kappa shape index (κ2) is 3.67. The molecule has 17 heavy (non-hydrogen) atoms. The van der Waals surface area contributed by atoms with Gasteiger partial charge in [0.2, 0.25) is 11.7 Å². The van der Waals surface area contributed by atoms with Crippen LogP contribution in [0, 0.1) is 6.92 Å². The molecule has 0 spiro atoms. The monoisotopic (exact) mass is 230 g/mol. The molecule has 1 aromatic carbocycles. The van der Waals surface area contributed by atoms with Gasteiger partial charge in [0.25, 0.3) is 0 Å². The van der Waals surface area contributed by atoms with Crippen molar-refractivity contribution in [2.75, 3.05) is 0 Å². The van der Waals surface area contributed by atoms with Crippen LogP contribution in [-0.2, 0) is 6.54 Å². The van der Waals surface area contributed by atoms with E-state index in [9.17, 15) is 0 Å². The van der Waals surface area contributed by atoms with E-state index in [1.165, 1.54) is 0 Å². The molecule has 6 nitrogen and oxygen atoms in total. The van der Waals surface area contributed by atoms with Gasteiger partial charge in [0.05, 0.1) is 12.1 Å². The van der Waals surface area contributed by atoms with Gasteiger partial charge in [-0.3, -0.25) is 0 Å². The van der Waals surface area contributed by atoms with Crippen LogP contribution >= 0.6 is 0 Å². The average molecular weight is 230 g/mol. The topological polar surface area (TPSA) is 91.0 Å². The Hall–Kier alpha value is -2.21. The van der Waals surface area contributed by atoms with Crippen molar-refractivity contribution < 1.29 is 8.94 Å². The van der Waals surface area contributed by atoms with E-state index in [0.29, 0.717) is 23.2 Å². The Morgan fingerprint density at radius 3 is 2.94 bits per heavy atom. The summed E-state index contributed by atoms with van der Waals surface area (Å²) in [6, 6.07) is 5.58. The number of aryl methyl sites for hydroxylation is 1. The lowest BCUT2D eigenvalue weighted by Gasteiger charge is -1.93. The summed E-state index contributed by atoms with van der Waals surface area (Å²) < 4.78 is 10.4. The first kappa shape index (κ1) is 9.98. The van der Waals surface area contributed by atoms with Crippen LogP contribution in [0.3, 0.4) is 0 Å². The molecule has 86 valence electrons. The summed E-state index contributed by atoms with van der Waals surface area (Å²) in [4.78, 5) is 8.48. The normalized spacial score (nSPS) is 11.2. The molecule has 0 atom stereocenters. The number of para-hydroxylation sites is 1. The number of nitrogens with zero attached hydrogens (tertiary/aromatic N) is 3. The fourth-order valence-corrected chi connectivity index (χ4v) is 1.69.